The normalized spacial score (nSPS) is 14.8. The quantitative estimate of drug-likeness (QED) is 0.862. The number of aliphatic hydroxyl groups excluding tert-OH is 1. The van der Waals surface area contributed by atoms with E-state index in [2.05, 4.69) is 4.98 Å². The van der Waals surface area contributed by atoms with Crippen LogP contribution in [-0.2, 0) is 6.42 Å². The second-order valence-corrected chi connectivity index (χ2v) is 4.79. The van der Waals surface area contributed by atoms with Gasteiger partial charge in [0.2, 0.25) is 0 Å². The molecule has 19 heavy (non-hydrogen) atoms. The van der Waals surface area contributed by atoms with Gasteiger partial charge in [0.1, 0.15) is 17.7 Å². The van der Waals surface area contributed by atoms with E-state index in [-0.39, 0.29) is 0 Å². The predicted octanol–water partition coefficient (Wildman–Crippen LogP) is 1.99. The number of hydrogen-bond acceptors (Lipinski definition) is 4. The Balaban J connectivity index is 2.02. The van der Waals surface area contributed by atoms with Crippen LogP contribution in [0.5, 0.6) is 5.75 Å². The molecule has 1 aromatic heterocycles. The highest BCUT2D eigenvalue weighted by Gasteiger charge is 2.19. The zero-order valence-corrected chi connectivity index (χ0v) is 10.8. The van der Waals surface area contributed by atoms with Gasteiger partial charge < -0.3 is 15.6 Å². The first-order valence-corrected chi connectivity index (χ1v) is 6.31. The van der Waals surface area contributed by atoms with Crippen LogP contribution in [0, 0.1) is 6.92 Å². The average molecular weight is 256 g/mol. The van der Waals surface area contributed by atoms with E-state index in [9.17, 15) is 5.11 Å². The van der Waals surface area contributed by atoms with Gasteiger partial charge in [-0.25, -0.2) is 4.98 Å². The highest BCUT2D eigenvalue weighted by molar-refractivity contribution is 5.50. The minimum atomic E-state index is -0.750. The second-order valence-electron chi connectivity index (χ2n) is 4.79. The van der Waals surface area contributed by atoms with E-state index >= 15 is 0 Å². The van der Waals surface area contributed by atoms with Crippen molar-refractivity contribution >= 4 is 5.82 Å². The van der Waals surface area contributed by atoms with Gasteiger partial charge in [-0.2, -0.15) is 0 Å². The van der Waals surface area contributed by atoms with Crippen LogP contribution in [0.1, 0.15) is 28.4 Å². The van der Waals surface area contributed by atoms with Gasteiger partial charge in [-0.15, -0.1) is 0 Å². The maximum Gasteiger partial charge on any atom is 0.129 e. The second kappa shape index (κ2) is 4.55. The highest BCUT2D eigenvalue weighted by Crippen LogP contribution is 2.33. The number of nitrogens with two attached hydrogens (primary N) is 1. The number of hydrogen-bond donors (Lipinski definition) is 2. The number of aryl methyl sites for hydroxylation is 1. The van der Waals surface area contributed by atoms with Gasteiger partial charge in [-0.1, -0.05) is 6.07 Å². The summed E-state index contributed by atoms with van der Waals surface area (Å²) in [5.74, 6) is 1.29. The van der Waals surface area contributed by atoms with Crippen LogP contribution < -0.4 is 10.5 Å². The first kappa shape index (κ1) is 12.0. The molecule has 0 aliphatic carbocycles. The van der Waals surface area contributed by atoms with Crippen LogP contribution in [0.15, 0.2) is 30.5 Å². The number of nitrogen functional groups attached to an aromatic ring is 1. The predicted molar refractivity (Wildman–Crippen MR) is 73.1 cm³/mol. The van der Waals surface area contributed by atoms with Crippen molar-refractivity contribution in [3.05, 3.63) is 52.7 Å². The van der Waals surface area contributed by atoms with E-state index in [1.807, 2.05) is 31.2 Å². The van der Waals surface area contributed by atoms with E-state index in [0.29, 0.717) is 18.0 Å². The van der Waals surface area contributed by atoms with E-state index in [0.717, 1.165) is 28.9 Å². The van der Waals surface area contributed by atoms with Gasteiger partial charge in [0.25, 0.3) is 0 Å². The molecule has 4 heteroatoms. The Hall–Kier alpha value is -2.07. The molecule has 0 saturated heterocycles. The molecule has 0 saturated carbocycles. The minimum Gasteiger partial charge on any atom is -0.493 e. The molecule has 1 aliphatic heterocycles. The van der Waals surface area contributed by atoms with Crippen molar-refractivity contribution in [2.75, 3.05) is 12.3 Å². The first-order chi connectivity index (χ1) is 9.16. The molecule has 0 spiro atoms. The summed E-state index contributed by atoms with van der Waals surface area (Å²) in [7, 11) is 0. The summed E-state index contributed by atoms with van der Waals surface area (Å²) in [6.45, 7) is 2.63. The number of anilines is 1. The smallest absolute Gasteiger partial charge is 0.129 e. The topological polar surface area (TPSA) is 68.4 Å². The summed E-state index contributed by atoms with van der Waals surface area (Å²) in [5.41, 5.74) is 9.46. The largest absolute Gasteiger partial charge is 0.493 e. The minimum absolute atomic E-state index is 0.379. The third-order valence-electron chi connectivity index (χ3n) is 3.54. The molecule has 3 N–H and O–H groups in total. The Labute approximate surface area is 111 Å². The number of fused-ring (bicyclic) bond motifs is 1. The summed E-state index contributed by atoms with van der Waals surface area (Å²) < 4.78 is 5.47. The molecular weight excluding hydrogens is 240 g/mol. The maximum atomic E-state index is 10.5. The van der Waals surface area contributed by atoms with Crippen molar-refractivity contribution in [3.8, 4) is 5.75 Å². The molecule has 0 fully saturated rings. The maximum absolute atomic E-state index is 10.5. The Bertz CT molecular complexity index is 605. The molecular formula is C15H16N2O2. The molecule has 2 aromatic rings. The van der Waals surface area contributed by atoms with Crippen LogP contribution >= 0.6 is 0 Å². The van der Waals surface area contributed by atoms with Crippen LogP contribution in [-0.4, -0.2) is 16.7 Å². The fraction of sp³-hybridized carbons (Fsp3) is 0.267. The van der Waals surface area contributed by atoms with Crippen molar-refractivity contribution < 1.29 is 9.84 Å². The molecule has 98 valence electrons. The van der Waals surface area contributed by atoms with Crippen molar-refractivity contribution in [3.63, 3.8) is 0 Å². The van der Waals surface area contributed by atoms with Gasteiger partial charge in [0.15, 0.2) is 0 Å². The first-order valence-electron chi connectivity index (χ1n) is 6.31. The Morgan fingerprint density at radius 1 is 1.37 bits per heavy atom. The third-order valence-corrected chi connectivity index (χ3v) is 3.54. The van der Waals surface area contributed by atoms with E-state index in [4.69, 9.17) is 10.5 Å². The number of ether oxygens (including phenoxy) is 1. The molecule has 3 rings (SSSR count). The van der Waals surface area contributed by atoms with Gasteiger partial charge >= 0.3 is 0 Å². The van der Waals surface area contributed by atoms with E-state index < -0.39 is 6.10 Å². The van der Waals surface area contributed by atoms with Crippen molar-refractivity contribution in [1.29, 1.82) is 0 Å². The fourth-order valence-electron chi connectivity index (χ4n) is 2.49. The molecule has 0 amide bonds. The van der Waals surface area contributed by atoms with Crippen LogP contribution in [0.2, 0.25) is 0 Å². The molecule has 1 aliphatic rings. The van der Waals surface area contributed by atoms with Crippen molar-refractivity contribution in [2.45, 2.75) is 19.4 Å². The average Bonchev–Trinajstić information content (AvgIpc) is 2.85. The number of pyridine rings is 1. The summed E-state index contributed by atoms with van der Waals surface area (Å²) in [6.07, 6.45) is 1.79. The Morgan fingerprint density at radius 2 is 2.21 bits per heavy atom. The van der Waals surface area contributed by atoms with Gasteiger partial charge in [0, 0.05) is 18.2 Å². The van der Waals surface area contributed by atoms with Gasteiger partial charge in [-0.05, 0) is 41.8 Å². The zero-order valence-electron chi connectivity index (χ0n) is 10.8. The van der Waals surface area contributed by atoms with Crippen LogP contribution in [0.4, 0.5) is 5.82 Å². The van der Waals surface area contributed by atoms with Gasteiger partial charge in [-0.3, -0.25) is 0 Å². The summed E-state index contributed by atoms with van der Waals surface area (Å²) in [6, 6.07) is 7.62. The lowest BCUT2D eigenvalue weighted by atomic mass is 9.96. The monoisotopic (exact) mass is 256 g/mol. The molecule has 2 heterocycles. The Morgan fingerprint density at radius 3 is 3.00 bits per heavy atom. The van der Waals surface area contributed by atoms with Crippen molar-refractivity contribution in [1.82, 2.24) is 4.98 Å². The number of benzene rings is 1. The number of aromatic nitrogens is 1. The molecule has 4 nitrogen and oxygen atoms in total. The lowest BCUT2D eigenvalue weighted by molar-refractivity contribution is 0.220. The van der Waals surface area contributed by atoms with E-state index in [1.54, 1.807) is 6.20 Å². The number of rotatable bonds is 2. The summed E-state index contributed by atoms with van der Waals surface area (Å²) in [5, 5.41) is 10.5. The lowest BCUT2D eigenvalue weighted by Crippen LogP contribution is -2.07. The fourth-order valence-corrected chi connectivity index (χ4v) is 2.49. The lowest BCUT2D eigenvalue weighted by Gasteiger charge is -2.16. The van der Waals surface area contributed by atoms with E-state index in [1.165, 1.54) is 0 Å². The van der Waals surface area contributed by atoms with Crippen molar-refractivity contribution in [2.24, 2.45) is 0 Å². The zero-order chi connectivity index (χ0) is 13.4. The van der Waals surface area contributed by atoms with Gasteiger partial charge in [0.05, 0.1) is 6.61 Å². The standard InChI is InChI=1S/C15H16N2O2/c1-9-4-6-17-15(16)13(9)14(18)11-2-3-12-10(8-11)5-7-19-12/h2-4,6,8,14,18H,5,7H2,1H3,(H2,16,17). The number of nitrogens with zero attached hydrogens (tertiary/aromatic N) is 1. The number of aliphatic hydroxyl groups is 1. The summed E-state index contributed by atoms with van der Waals surface area (Å²) in [4.78, 5) is 4.05. The van der Waals surface area contributed by atoms with Crippen LogP contribution in [0.25, 0.3) is 0 Å². The summed E-state index contributed by atoms with van der Waals surface area (Å²) >= 11 is 0. The highest BCUT2D eigenvalue weighted by atomic mass is 16.5. The molecule has 1 aromatic carbocycles. The third kappa shape index (κ3) is 2.04. The molecule has 0 radical (unpaired) electrons. The molecule has 1 atom stereocenters. The SMILES string of the molecule is Cc1ccnc(N)c1C(O)c1ccc2c(c1)CCO2. The molecule has 0 bridgehead atoms. The van der Waals surface area contributed by atoms with Crippen LogP contribution in [0.3, 0.4) is 0 Å². The molecule has 1 unspecified atom stereocenters. The Kier molecular flexibility index (Phi) is 2.87.